The van der Waals surface area contributed by atoms with Gasteiger partial charge in [-0.2, -0.15) is 0 Å². The van der Waals surface area contributed by atoms with Crippen LogP contribution in [0.15, 0.2) is 12.3 Å². The van der Waals surface area contributed by atoms with Gasteiger partial charge in [0.2, 0.25) is 0 Å². The number of nitrogens with zero attached hydrogens (tertiary/aromatic N) is 1. The Morgan fingerprint density at radius 2 is 2.00 bits per heavy atom. The highest BCUT2D eigenvalue weighted by Crippen LogP contribution is 2.19. The van der Waals surface area contributed by atoms with Gasteiger partial charge in [0.1, 0.15) is 11.7 Å². The number of ether oxygens (including phenoxy) is 2. The van der Waals surface area contributed by atoms with E-state index in [1.165, 1.54) is 0 Å². The molecule has 2 aliphatic heterocycles. The number of hydrogen-bond donors (Lipinski definition) is 1. The molecule has 0 aliphatic carbocycles. The van der Waals surface area contributed by atoms with Crippen LogP contribution in [0, 0.1) is 5.92 Å². The van der Waals surface area contributed by atoms with Crippen LogP contribution in [0.5, 0.6) is 0 Å². The maximum atomic E-state index is 12.0. The summed E-state index contributed by atoms with van der Waals surface area (Å²) in [5.74, 6) is 0.637. The van der Waals surface area contributed by atoms with Gasteiger partial charge in [-0.1, -0.05) is 0 Å². The number of carbonyl (C=O) groups excluding carboxylic acids is 1. The quantitative estimate of drug-likeness (QED) is 0.867. The van der Waals surface area contributed by atoms with Gasteiger partial charge in [-0.15, -0.1) is 0 Å². The summed E-state index contributed by atoms with van der Waals surface area (Å²) in [7, 11) is 0. The fraction of sp³-hybridized carbons (Fsp3) is 0.824. The zero-order valence-corrected chi connectivity index (χ0v) is 14.1. The number of allylic oxidation sites excluding steroid dienone is 1. The standard InChI is InChI=1S/C17H30N2O3/c1-17(2,3)22-16(20)19-9-7-14(8-10-19)12-18-13-15-6-4-5-11-21-15/h5,11,14-15,18H,4,6-10,12-13H2,1-3H3. The van der Waals surface area contributed by atoms with Gasteiger partial charge < -0.3 is 19.7 Å². The molecule has 1 atom stereocenters. The van der Waals surface area contributed by atoms with Crippen LogP contribution in [0.25, 0.3) is 0 Å². The zero-order valence-electron chi connectivity index (χ0n) is 14.1. The van der Waals surface area contributed by atoms with E-state index in [2.05, 4.69) is 11.4 Å². The molecule has 1 saturated heterocycles. The van der Waals surface area contributed by atoms with Crippen LogP contribution in [-0.4, -0.2) is 48.9 Å². The number of hydrogen-bond acceptors (Lipinski definition) is 4. The molecule has 2 heterocycles. The number of piperidine rings is 1. The highest BCUT2D eigenvalue weighted by molar-refractivity contribution is 5.68. The molecule has 5 heteroatoms. The van der Waals surface area contributed by atoms with Crippen LogP contribution < -0.4 is 5.32 Å². The van der Waals surface area contributed by atoms with Crippen LogP contribution in [0.4, 0.5) is 4.79 Å². The largest absolute Gasteiger partial charge is 0.497 e. The molecular weight excluding hydrogens is 280 g/mol. The third-order valence-corrected chi connectivity index (χ3v) is 4.09. The van der Waals surface area contributed by atoms with Gasteiger partial charge in [-0.3, -0.25) is 0 Å². The molecular formula is C17H30N2O3. The second-order valence-corrected chi connectivity index (χ2v) is 7.28. The van der Waals surface area contributed by atoms with Crippen molar-refractivity contribution in [3.05, 3.63) is 12.3 Å². The molecule has 5 nitrogen and oxygen atoms in total. The van der Waals surface area contributed by atoms with E-state index in [0.717, 1.165) is 51.9 Å². The monoisotopic (exact) mass is 310 g/mol. The van der Waals surface area contributed by atoms with E-state index in [-0.39, 0.29) is 6.09 Å². The fourth-order valence-electron chi connectivity index (χ4n) is 2.83. The van der Waals surface area contributed by atoms with Gasteiger partial charge in [0.05, 0.1) is 6.26 Å². The summed E-state index contributed by atoms with van der Waals surface area (Å²) < 4.78 is 11.0. The molecule has 22 heavy (non-hydrogen) atoms. The summed E-state index contributed by atoms with van der Waals surface area (Å²) >= 11 is 0. The molecule has 2 aliphatic rings. The van der Waals surface area contributed by atoms with Crippen molar-refractivity contribution in [3.63, 3.8) is 0 Å². The van der Waals surface area contributed by atoms with Gasteiger partial charge in [0.15, 0.2) is 0 Å². The second-order valence-electron chi connectivity index (χ2n) is 7.28. The summed E-state index contributed by atoms with van der Waals surface area (Å²) in [4.78, 5) is 13.8. The lowest BCUT2D eigenvalue weighted by atomic mass is 9.97. The molecule has 0 bridgehead atoms. The first-order valence-electron chi connectivity index (χ1n) is 8.43. The zero-order chi connectivity index (χ0) is 16.0. The average Bonchev–Trinajstić information content (AvgIpc) is 2.47. The molecule has 0 spiro atoms. The third-order valence-electron chi connectivity index (χ3n) is 4.09. The predicted octanol–water partition coefficient (Wildman–Crippen LogP) is 2.92. The lowest BCUT2D eigenvalue weighted by Gasteiger charge is -2.33. The third kappa shape index (κ3) is 5.87. The van der Waals surface area contributed by atoms with Crippen molar-refractivity contribution in [1.29, 1.82) is 0 Å². The molecule has 0 saturated carbocycles. The maximum Gasteiger partial charge on any atom is 0.410 e. The first-order valence-corrected chi connectivity index (χ1v) is 8.43. The highest BCUT2D eigenvalue weighted by Gasteiger charge is 2.26. The summed E-state index contributed by atoms with van der Waals surface area (Å²) in [5, 5.41) is 3.51. The summed E-state index contributed by atoms with van der Waals surface area (Å²) in [5.41, 5.74) is -0.413. The number of nitrogens with one attached hydrogen (secondary N) is 1. The van der Waals surface area contributed by atoms with Gasteiger partial charge in [-0.05, 0) is 65.0 Å². The molecule has 2 rings (SSSR count). The first-order chi connectivity index (χ1) is 10.4. The molecule has 0 aromatic rings. The van der Waals surface area contributed by atoms with E-state index >= 15 is 0 Å². The van der Waals surface area contributed by atoms with E-state index in [4.69, 9.17) is 9.47 Å². The van der Waals surface area contributed by atoms with Gasteiger partial charge in [0.25, 0.3) is 0 Å². The van der Waals surface area contributed by atoms with Crippen LogP contribution in [0.2, 0.25) is 0 Å². The number of likely N-dealkylation sites (tertiary alicyclic amines) is 1. The normalized spacial score (nSPS) is 23.2. The minimum absolute atomic E-state index is 0.179. The average molecular weight is 310 g/mol. The Balaban J connectivity index is 1.60. The Kier molecular flexibility index (Phi) is 6.12. The molecule has 1 N–H and O–H groups in total. The van der Waals surface area contributed by atoms with E-state index in [0.29, 0.717) is 12.0 Å². The number of carbonyl (C=O) groups is 1. The SMILES string of the molecule is CC(C)(C)OC(=O)N1CCC(CNCC2CCC=CO2)CC1. The smallest absolute Gasteiger partial charge is 0.410 e. The first kappa shape index (κ1) is 17.1. The van der Waals surface area contributed by atoms with E-state index in [1.54, 1.807) is 0 Å². The lowest BCUT2D eigenvalue weighted by molar-refractivity contribution is 0.0183. The van der Waals surface area contributed by atoms with Gasteiger partial charge in [-0.25, -0.2) is 4.79 Å². The van der Waals surface area contributed by atoms with Crippen molar-refractivity contribution >= 4 is 6.09 Å². The molecule has 0 aromatic carbocycles. The molecule has 1 unspecified atom stereocenters. The van der Waals surface area contributed by atoms with Crippen molar-refractivity contribution in [2.24, 2.45) is 5.92 Å². The predicted molar refractivity (Wildman–Crippen MR) is 86.6 cm³/mol. The highest BCUT2D eigenvalue weighted by atomic mass is 16.6. The summed E-state index contributed by atoms with van der Waals surface area (Å²) in [6.45, 7) is 9.23. The summed E-state index contributed by atoms with van der Waals surface area (Å²) in [6.07, 6.45) is 8.31. The van der Waals surface area contributed by atoms with E-state index < -0.39 is 5.60 Å². The Morgan fingerprint density at radius 1 is 1.27 bits per heavy atom. The van der Waals surface area contributed by atoms with Gasteiger partial charge in [0, 0.05) is 19.6 Å². The Bertz CT molecular complexity index is 382. The fourth-order valence-corrected chi connectivity index (χ4v) is 2.83. The van der Waals surface area contributed by atoms with Crippen LogP contribution in [0.3, 0.4) is 0 Å². The Morgan fingerprint density at radius 3 is 2.59 bits per heavy atom. The van der Waals surface area contributed by atoms with Crippen molar-refractivity contribution < 1.29 is 14.3 Å². The van der Waals surface area contributed by atoms with Crippen LogP contribution in [0.1, 0.15) is 46.5 Å². The van der Waals surface area contributed by atoms with Crippen molar-refractivity contribution in [2.45, 2.75) is 58.2 Å². The Hall–Kier alpha value is -1.23. The van der Waals surface area contributed by atoms with Crippen LogP contribution in [-0.2, 0) is 9.47 Å². The minimum Gasteiger partial charge on any atom is -0.497 e. The summed E-state index contributed by atoms with van der Waals surface area (Å²) in [6, 6.07) is 0. The topological polar surface area (TPSA) is 50.8 Å². The molecule has 0 aromatic heterocycles. The van der Waals surface area contributed by atoms with Crippen LogP contribution >= 0.6 is 0 Å². The number of rotatable bonds is 4. The van der Waals surface area contributed by atoms with Crippen molar-refractivity contribution in [3.8, 4) is 0 Å². The van der Waals surface area contributed by atoms with Crippen molar-refractivity contribution in [2.75, 3.05) is 26.2 Å². The van der Waals surface area contributed by atoms with Crippen molar-refractivity contribution in [1.82, 2.24) is 10.2 Å². The lowest BCUT2D eigenvalue weighted by Crippen LogP contribution is -2.43. The molecule has 1 amide bonds. The Labute approximate surface area is 134 Å². The van der Waals surface area contributed by atoms with E-state index in [1.807, 2.05) is 31.9 Å². The van der Waals surface area contributed by atoms with Gasteiger partial charge >= 0.3 is 6.09 Å². The molecule has 1 fully saturated rings. The molecule has 0 radical (unpaired) electrons. The number of amides is 1. The van der Waals surface area contributed by atoms with E-state index in [9.17, 15) is 4.79 Å². The second kappa shape index (κ2) is 7.86. The molecule has 126 valence electrons. The minimum atomic E-state index is -0.413. The maximum absolute atomic E-state index is 12.0.